The van der Waals surface area contributed by atoms with Crippen molar-refractivity contribution in [2.24, 2.45) is 28.9 Å². The van der Waals surface area contributed by atoms with Gasteiger partial charge in [0.25, 0.3) is 5.91 Å². The topological polar surface area (TPSA) is 101 Å². The number of primary amides is 1. The first-order chi connectivity index (χ1) is 13.8. The zero-order valence-corrected chi connectivity index (χ0v) is 16.1. The highest BCUT2D eigenvalue weighted by molar-refractivity contribution is 5.96. The van der Waals surface area contributed by atoms with Crippen LogP contribution >= 0.6 is 0 Å². The number of halogens is 2. The zero-order chi connectivity index (χ0) is 20.8. The standard InChI is InChI=1S/C21H25F2N3O3/c22-15-7-16(23)17(6-14(15)19(24)28)26-18(27)1-2-25-20(29)21-8-11-3-12(9-21)5-13(4-11)10-21/h6-7,11-13H,1-5,8-10H2,(H2,24,28)(H,25,29)(H,26,27). The third-order valence-corrected chi connectivity index (χ3v) is 6.75. The highest BCUT2D eigenvalue weighted by Crippen LogP contribution is 2.60. The number of hydrogen-bond acceptors (Lipinski definition) is 3. The maximum Gasteiger partial charge on any atom is 0.251 e. The van der Waals surface area contributed by atoms with Crippen LogP contribution in [0.25, 0.3) is 0 Å². The highest BCUT2D eigenvalue weighted by atomic mass is 19.1. The van der Waals surface area contributed by atoms with E-state index < -0.39 is 29.0 Å². The Morgan fingerprint density at radius 3 is 2.14 bits per heavy atom. The first-order valence-corrected chi connectivity index (χ1v) is 10.1. The van der Waals surface area contributed by atoms with Crippen molar-refractivity contribution in [3.63, 3.8) is 0 Å². The summed E-state index contributed by atoms with van der Waals surface area (Å²) in [6.45, 7) is 0.137. The van der Waals surface area contributed by atoms with Crippen molar-refractivity contribution in [3.8, 4) is 0 Å². The zero-order valence-electron chi connectivity index (χ0n) is 16.1. The Bertz CT molecular complexity index is 836. The molecule has 8 heteroatoms. The Hall–Kier alpha value is -2.51. The lowest BCUT2D eigenvalue weighted by atomic mass is 9.49. The number of nitrogens with one attached hydrogen (secondary N) is 2. The summed E-state index contributed by atoms with van der Waals surface area (Å²) in [6, 6.07) is 1.38. The van der Waals surface area contributed by atoms with Gasteiger partial charge in [0.2, 0.25) is 11.8 Å². The van der Waals surface area contributed by atoms with E-state index in [1.807, 2.05) is 0 Å². The Balaban J connectivity index is 1.31. The molecule has 4 aliphatic carbocycles. The van der Waals surface area contributed by atoms with Gasteiger partial charge in [-0.15, -0.1) is 0 Å². The van der Waals surface area contributed by atoms with Crippen molar-refractivity contribution in [2.75, 3.05) is 11.9 Å². The minimum atomic E-state index is -1.09. The van der Waals surface area contributed by atoms with Gasteiger partial charge in [-0.05, 0) is 62.3 Å². The Labute approximate surface area is 167 Å². The second-order valence-electron chi connectivity index (χ2n) is 8.93. The van der Waals surface area contributed by atoms with E-state index >= 15 is 0 Å². The lowest BCUT2D eigenvalue weighted by Gasteiger charge is -2.55. The van der Waals surface area contributed by atoms with E-state index in [-0.39, 0.29) is 30.0 Å². The SMILES string of the molecule is NC(=O)c1cc(NC(=O)CCNC(=O)C23CC4CC(CC(C4)C2)C3)c(F)cc1F. The fourth-order valence-electron chi connectivity index (χ4n) is 5.91. The van der Waals surface area contributed by atoms with Gasteiger partial charge in [0, 0.05) is 24.4 Å². The maximum atomic E-state index is 13.9. The summed E-state index contributed by atoms with van der Waals surface area (Å²) in [5.41, 5.74) is 3.93. The van der Waals surface area contributed by atoms with Crippen LogP contribution in [-0.2, 0) is 9.59 Å². The number of anilines is 1. The van der Waals surface area contributed by atoms with Gasteiger partial charge in [-0.25, -0.2) is 8.78 Å². The Morgan fingerprint density at radius 1 is 1.00 bits per heavy atom. The molecule has 5 rings (SSSR count). The molecule has 0 unspecified atom stereocenters. The molecule has 0 atom stereocenters. The first kappa shape index (κ1) is 19.8. The molecule has 0 radical (unpaired) electrons. The molecule has 0 saturated heterocycles. The molecule has 6 nitrogen and oxygen atoms in total. The van der Waals surface area contributed by atoms with Crippen LogP contribution in [0.15, 0.2) is 12.1 Å². The molecular formula is C21H25F2N3O3. The number of hydrogen-bond donors (Lipinski definition) is 3. The van der Waals surface area contributed by atoms with Gasteiger partial charge in [0.1, 0.15) is 11.6 Å². The fraction of sp³-hybridized carbons (Fsp3) is 0.571. The molecule has 156 valence electrons. The molecule has 0 aromatic heterocycles. The maximum absolute atomic E-state index is 13.9. The molecular weight excluding hydrogens is 380 g/mol. The molecule has 1 aromatic rings. The molecule has 0 heterocycles. The van der Waals surface area contributed by atoms with Crippen molar-refractivity contribution in [1.82, 2.24) is 5.32 Å². The second-order valence-corrected chi connectivity index (χ2v) is 8.93. The van der Waals surface area contributed by atoms with Gasteiger partial charge in [-0.1, -0.05) is 0 Å². The molecule has 29 heavy (non-hydrogen) atoms. The van der Waals surface area contributed by atoms with Crippen LogP contribution in [0.1, 0.15) is 55.3 Å². The van der Waals surface area contributed by atoms with Gasteiger partial charge in [0.15, 0.2) is 0 Å². The minimum absolute atomic E-state index is 0.0216. The molecule has 4 N–H and O–H groups in total. The number of carbonyl (C=O) groups excluding carboxylic acids is 3. The largest absolute Gasteiger partial charge is 0.366 e. The third-order valence-electron chi connectivity index (χ3n) is 6.75. The molecule has 0 spiro atoms. The molecule has 0 aliphatic heterocycles. The van der Waals surface area contributed by atoms with E-state index in [0.29, 0.717) is 23.8 Å². The van der Waals surface area contributed by atoms with Crippen molar-refractivity contribution in [3.05, 3.63) is 29.3 Å². The van der Waals surface area contributed by atoms with Gasteiger partial charge < -0.3 is 16.4 Å². The van der Waals surface area contributed by atoms with Gasteiger partial charge >= 0.3 is 0 Å². The summed E-state index contributed by atoms with van der Waals surface area (Å²) < 4.78 is 27.4. The number of benzene rings is 1. The monoisotopic (exact) mass is 405 g/mol. The normalized spacial score (nSPS) is 29.5. The molecule has 4 saturated carbocycles. The van der Waals surface area contributed by atoms with Crippen LogP contribution in [0.4, 0.5) is 14.5 Å². The van der Waals surface area contributed by atoms with E-state index in [1.165, 1.54) is 19.3 Å². The van der Waals surface area contributed by atoms with E-state index in [9.17, 15) is 23.2 Å². The van der Waals surface area contributed by atoms with Crippen molar-refractivity contribution < 1.29 is 23.2 Å². The number of amides is 3. The van der Waals surface area contributed by atoms with Crippen molar-refractivity contribution in [2.45, 2.75) is 44.9 Å². The predicted molar refractivity (Wildman–Crippen MR) is 102 cm³/mol. The summed E-state index contributed by atoms with van der Waals surface area (Å²) in [7, 11) is 0. The molecule has 4 aliphatic rings. The predicted octanol–water partition coefficient (Wildman–Crippen LogP) is 2.72. The number of carbonyl (C=O) groups is 3. The molecule has 4 bridgehead atoms. The molecule has 3 amide bonds. The lowest BCUT2D eigenvalue weighted by molar-refractivity contribution is -0.146. The highest BCUT2D eigenvalue weighted by Gasteiger charge is 2.54. The van der Waals surface area contributed by atoms with Gasteiger partial charge in [-0.3, -0.25) is 14.4 Å². The van der Waals surface area contributed by atoms with E-state index in [4.69, 9.17) is 5.73 Å². The number of nitrogens with two attached hydrogens (primary N) is 1. The lowest BCUT2D eigenvalue weighted by Crippen LogP contribution is -2.53. The van der Waals surface area contributed by atoms with Crippen molar-refractivity contribution >= 4 is 23.4 Å². The van der Waals surface area contributed by atoms with Crippen LogP contribution in [-0.4, -0.2) is 24.3 Å². The quantitative estimate of drug-likeness (QED) is 0.678. The van der Waals surface area contributed by atoms with Crippen LogP contribution in [0.3, 0.4) is 0 Å². The summed E-state index contributed by atoms with van der Waals surface area (Å²) in [6.07, 6.45) is 6.48. The smallest absolute Gasteiger partial charge is 0.251 e. The molecule has 4 fully saturated rings. The molecule has 1 aromatic carbocycles. The summed E-state index contributed by atoms with van der Waals surface area (Å²) in [5.74, 6) is -1.72. The van der Waals surface area contributed by atoms with Crippen LogP contribution in [0.5, 0.6) is 0 Å². The average molecular weight is 405 g/mol. The fourth-order valence-corrected chi connectivity index (χ4v) is 5.91. The van der Waals surface area contributed by atoms with Crippen molar-refractivity contribution in [1.29, 1.82) is 0 Å². The average Bonchev–Trinajstić information content (AvgIpc) is 2.62. The van der Waals surface area contributed by atoms with Gasteiger partial charge in [-0.2, -0.15) is 0 Å². The van der Waals surface area contributed by atoms with E-state index in [1.54, 1.807) is 0 Å². The summed E-state index contributed by atoms with van der Waals surface area (Å²) in [5, 5.41) is 5.18. The van der Waals surface area contributed by atoms with Gasteiger partial charge in [0.05, 0.1) is 11.3 Å². The van der Waals surface area contributed by atoms with Crippen LogP contribution in [0.2, 0.25) is 0 Å². The Kier molecular flexibility index (Phi) is 5.04. The summed E-state index contributed by atoms with van der Waals surface area (Å²) >= 11 is 0. The minimum Gasteiger partial charge on any atom is -0.366 e. The van der Waals surface area contributed by atoms with E-state index in [0.717, 1.165) is 25.3 Å². The first-order valence-electron chi connectivity index (χ1n) is 10.1. The second kappa shape index (κ2) is 7.39. The van der Waals surface area contributed by atoms with E-state index in [2.05, 4.69) is 10.6 Å². The Morgan fingerprint density at radius 2 is 1.59 bits per heavy atom. The summed E-state index contributed by atoms with van der Waals surface area (Å²) in [4.78, 5) is 36.2. The third kappa shape index (κ3) is 3.84. The van der Waals surface area contributed by atoms with Crippen LogP contribution < -0.4 is 16.4 Å². The van der Waals surface area contributed by atoms with Crippen LogP contribution in [0, 0.1) is 34.8 Å². The number of rotatable bonds is 6.